The fourth-order valence-corrected chi connectivity index (χ4v) is 3.09. The van der Waals surface area contributed by atoms with E-state index in [1.54, 1.807) is 4.90 Å². The molecule has 1 aromatic carbocycles. The van der Waals surface area contributed by atoms with Crippen LogP contribution in [-0.2, 0) is 11.3 Å². The molecule has 0 radical (unpaired) electrons. The van der Waals surface area contributed by atoms with Gasteiger partial charge >= 0.3 is 0 Å². The van der Waals surface area contributed by atoms with Gasteiger partial charge in [-0.15, -0.1) is 0 Å². The topological polar surface area (TPSA) is 32.3 Å². The molecule has 1 aliphatic heterocycles. The highest BCUT2D eigenvalue weighted by Crippen LogP contribution is 2.31. The number of nitrogens with zero attached hydrogens (tertiary/aromatic N) is 1. The average molecular weight is 308 g/mol. The van der Waals surface area contributed by atoms with Crippen LogP contribution in [0.2, 0.25) is 0 Å². The van der Waals surface area contributed by atoms with Gasteiger partial charge in [0.1, 0.15) is 11.6 Å². The van der Waals surface area contributed by atoms with Crippen LogP contribution in [0.1, 0.15) is 37.7 Å². The Morgan fingerprint density at radius 1 is 1.18 bits per heavy atom. The molecule has 120 valence electrons. The van der Waals surface area contributed by atoms with Gasteiger partial charge in [0, 0.05) is 30.6 Å². The van der Waals surface area contributed by atoms with Crippen LogP contribution in [0.5, 0.6) is 0 Å². The molecular weight excluding hydrogens is 286 g/mol. The Bertz CT molecular complexity index is 539. The van der Waals surface area contributed by atoms with Crippen LogP contribution in [0.25, 0.3) is 0 Å². The minimum absolute atomic E-state index is 0.109. The van der Waals surface area contributed by atoms with Crippen molar-refractivity contribution in [3.63, 3.8) is 0 Å². The Kier molecular flexibility index (Phi) is 4.71. The fourth-order valence-electron chi connectivity index (χ4n) is 3.09. The third-order valence-electron chi connectivity index (χ3n) is 4.59. The molecule has 1 saturated carbocycles. The summed E-state index contributed by atoms with van der Waals surface area (Å²) in [5.41, 5.74) is 0.395. The van der Waals surface area contributed by atoms with Crippen molar-refractivity contribution >= 4 is 5.91 Å². The summed E-state index contributed by atoms with van der Waals surface area (Å²) in [6, 6.07) is 3.81. The summed E-state index contributed by atoms with van der Waals surface area (Å²) in [6.45, 7) is 2.18. The zero-order valence-electron chi connectivity index (χ0n) is 12.7. The molecule has 0 unspecified atom stereocenters. The third kappa shape index (κ3) is 3.83. The summed E-state index contributed by atoms with van der Waals surface area (Å²) in [5.74, 6) is -0.619. The van der Waals surface area contributed by atoms with E-state index < -0.39 is 11.6 Å². The number of nitrogens with one attached hydrogen (secondary N) is 1. The standard InChI is InChI=1S/C17H22F2N2O/c18-14-2-1-13(16(19)10-14)11-21(15-3-4-15)17(22)9-12-5-7-20-8-6-12/h1-2,10,12,15,20H,3-9,11H2. The van der Waals surface area contributed by atoms with Crippen molar-refractivity contribution in [1.29, 1.82) is 0 Å². The summed E-state index contributed by atoms with van der Waals surface area (Å²) in [6.07, 6.45) is 4.56. The molecular formula is C17H22F2N2O. The van der Waals surface area contributed by atoms with Gasteiger partial charge in [0.2, 0.25) is 5.91 Å². The molecule has 3 nitrogen and oxygen atoms in total. The quantitative estimate of drug-likeness (QED) is 0.907. The van der Waals surface area contributed by atoms with Gasteiger partial charge in [-0.1, -0.05) is 6.07 Å². The van der Waals surface area contributed by atoms with Gasteiger partial charge in [0.25, 0.3) is 0 Å². The van der Waals surface area contributed by atoms with Gasteiger partial charge in [0.15, 0.2) is 0 Å². The van der Waals surface area contributed by atoms with Gasteiger partial charge in [0.05, 0.1) is 0 Å². The second-order valence-electron chi connectivity index (χ2n) is 6.39. The van der Waals surface area contributed by atoms with Crippen molar-refractivity contribution in [3.8, 4) is 0 Å². The lowest BCUT2D eigenvalue weighted by Crippen LogP contribution is -2.36. The predicted octanol–water partition coefficient (Wildman–Crippen LogP) is 2.85. The number of piperidine rings is 1. The number of rotatable bonds is 5. The van der Waals surface area contributed by atoms with E-state index in [9.17, 15) is 13.6 Å². The van der Waals surface area contributed by atoms with Crippen molar-refractivity contribution in [2.45, 2.75) is 44.7 Å². The number of carbonyl (C=O) groups excluding carboxylic acids is 1. The summed E-state index contributed by atoms with van der Waals surface area (Å²) in [5, 5.41) is 3.29. The van der Waals surface area contributed by atoms with Gasteiger partial charge in [-0.25, -0.2) is 8.78 Å². The summed E-state index contributed by atoms with van der Waals surface area (Å²) < 4.78 is 26.8. The number of amides is 1. The lowest BCUT2D eigenvalue weighted by molar-refractivity contribution is -0.133. The first kappa shape index (κ1) is 15.4. The van der Waals surface area contributed by atoms with Gasteiger partial charge in [-0.2, -0.15) is 0 Å². The second-order valence-corrected chi connectivity index (χ2v) is 6.39. The maximum atomic E-state index is 13.8. The molecule has 5 heteroatoms. The first-order valence-corrected chi connectivity index (χ1v) is 8.07. The molecule has 1 N–H and O–H groups in total. The molecule has 0 spiro atoms. The van der Waals surface area contributed by atoms with E-state index in [4.69, 9.17) is 0 Å². The highest BCUT2D eigenvalue weighted by molar-refractivity contribution is 5.77. The van der Waals surface area contributed by atoms with Crippen molar-refractivity contribution in [1.82, 2.24) is 10.2 Å². The van der Waals surface area contributed by atoms with Crippen molar-refractivity contribution in [2.24, 2.45) is 5.92 Å². The largest absolute Gasteiger partial charge is 0.335 e. The number of hydrogen-bond donors (Lipinski definition) is 1. The lowest BCUT2D eigenvalue weighted by Gasteiger charge is -2.27. The lowest BCUT2D eigenvalue weighted by atomic mass is 9.94. The highest BCUT2D eigenvalue weighted by atomic mass is 19.1. The molecule has 0 atom stereocenters. The monoisotopic (exact) mass is 308 g/mol. The normalized spacial score (nSPS) is 19.2. The first-order chi connectivity index (χ1) is 10.6. The average Bonchev–Trinajstić information content (AvgIpc) is 3.32. The van der Waals surface area contributed by atoms with Gasteiger partial charge in [-0.3, -0.25) is 4.79 Å². The van der Waals surface area contributed by atoms with E-state index in [-0.39, 0.29) is 18.5 Å². The Hall–Kier alpha value is -1.49. The van der Waals surface area contributed by atoms with E-state index in [1.165, 1.54) is 12.1 Å². The van der Waals surface area contributed by atoms with Crippen LogP contribution in [-0.4, -0.2) is 29.9 Å². The van der Waals surface area contributed by atoms with Crippen LogP contribution in [0.4, 0.5) is 8.78 Å². The van der Waals surface area contributed by atoms with Crippen LogP contribution < -0.4 is 5.32 Å². The predicted molar refractivity (Wildman–Crippen MR) is 80.1 cm³/mol. The number of benzene rings is 1. The van der Waals surface area contributed by atoms with E-state index in [0.29, 0.717) is 17.9 Å². The van der Waals surface area contributed by atoms with E-state index in [1.807, 2.05) is 0 Å². The molecule has 3 rings (SSSR count). The summed E-state index contributed by atoms with van der Waals surface area (Å²) >= 11 is 0. The Labute approximate surface area is 129 Å². The number of carbonyl (C=O) groups is 1. The maximum Gasteiger partial charge on any atom is 0.223 e. The van der Waals surface area contributed by atoms with Crippen molar-refractivity contribution in [3.05, 3.63) is 35.4 Å². The molecule has 1 heterocycles. The summed E-state index contributed by atoms with van der Waals surface area (Å²) in [7, 11) is 0. The Morgan fingerprint density at radius 2 is 1.91 bits per heavy atom. The number of halogens is 2. The maximum absolute atomic E-state index is 13.8. The fraction of sp³-hybridized carbons (Fsp3) is 0.588. The molecule has 1 saturated heterocycles. The van der Waals surface area contributed by atoms with Crippen LogP contribution in [0, 0.1) is 17.6 Å². The molecule has 0 aromatic heterocycles. The van der Waals surface area contributed by atoms with E-state index in [0.717, 1.165) is 44.8 Å². The first-order valence-electron chi connectivity index (χ1n) is 8.07. The Balaban J connectivity index is 1.65. The molecule has 1 amide bonds. The third-order valence-corrected chi connectivity index (χ3v) is 4.59. The van der Waals surface area contributed by atoms with Crippen LogP contribution in [0.15, 0.2) is 18.2 Å². The molecule has 2 aliphatic rings. The van der Waals surface area contributed by atoms with Gasteiger partial charge < -0.3 is 10.2 Å². The smallest absolute Gasteiger partial charge is 0.223 e. The minimum Gasteiger partial charge on any atom is -0.335 e. The van der Waals surface area contributed by atoms with Crippen molar-refractivity contribution in [2.75, 3.05) is 13.1 Å². The zero-order chi connectivity index (χ0) is 15.5. The molecule has 0 bridgehead atoms. The van der Waals surface area contributed by atoms with E-state index in [2.05, 4.69) is 5.32 Å². The molecule has 22 heavy (non-hydrogen) atoms. The minimum atomic E-state index is -0.583. The van der Waals surface area contributed by atoms with Crippen molar-refractivity contribution < 1.29 is 13.6 Å². The molecule has 2 fully saturated rings. The second kappa shape index (κ2) is 6.73. The number of hydrogen-bond acceptors (Lipinski definition) is 2. The van der Waals surface area contributed by atoms with E-state index >= 15 is 0 Å². The highest BCUT2D eigenvalue weighted by Gasteiger charge is 2.34. The molecule has 1 aromatic rings. The molecule has 1 aliphatic carbocycles. The SMILES string of the molecule is O=C(CC1CCNCC1)N(Cc1ccc(F)cc1F)C1CC1. The zero-order valence-corrected chi connectivity index (χ0v) is 12.7. The Morgan fingerprint density at radius 3 is 2.55 bits per heavy atom. The summed E-state index contributed by atoms with van der Waals surface area (Å²) in [4.78, 5) is 14.4. The van der Waals surface area contributed by atoms with Gasteiger partial charge in [-0.05, 0) is 50.8 Å². The van der Waals surface area contributed by atoms with Crippen LogP contribution >= 0.6 is 0 Å². The van der Waals surface area contributed by atoms with Crippen LogP contribution in [0.3, 0.4) is 0 Å².